The predicted octanol–water partition coefficient (Wildman–Crippen LogP) is 1.99. The number of carbonyl (C=O) groups excluding carboxylic acids is 2. The number of piperazine rings is 1. The van der Waals surface area contributed by atoms with Crippen molar-refractivity contribution in [2.75, 3.05) is 50.7 Å². The first-order chi connectivity index (χ1) is 16.4. The van der Waals surface area contributed by atoms with E-state index in [0.29, 0.717) is 31.2 Å². The van der Waals surface area contributed by atoms with Crippen LogP contribution < -0.4 is 10.2 Å². The molecule has 0 unspecified atom stereocenters. The van der Waals surface area contributed by atoms with E-state index in [0.717, 1.165) is 56.6 Å². The van der Waals surface area contributed by atoms with Gasteiger partial charge in [-0.25, -0.2) is 0 Å². The number of anilines is 1. The van der Waals surface area contributed by atoms with Gasteiger partial charge in [-0.3, -0.25) is 14.5 Å². The van der Waals surface area contributed by atoms with Crippen molar-refractivity contribution >= 4 is 17.5 Å². The maximum absolute atomic E-state index is 13.1. The first-order valence-corrected chi connectivity index (χ1v) is 12.4. The van der Waals surface area contributed by atoms with Gasteiger partial charge in [-0.1, -0.05) is 30.3 Å². The zero-order chi connectivity index (χ0) is 23.7. The summed E-state index contributed by atoms with van der Waals surface area (Å²) in [4.78, 5) is 31.9. The lowest BCUT2D eigenvalue weighted by Crippen LogP contribution is -2.55. The van der Waals surface area contributed by atoms with Gasteiger partial charge in [0.25, 0.3) is 11.8 Å². The van der Waals surface area contributed by atoms with Crippen molar-refractivity contribution in [3.8, 4) is 0 Å². The van der Waals surface area contributed by atoms with Gasteiger partial charge in [0.1, 0.15) is 0 Å². The number of benzene rings is 2. The molecule has 2 aromatic carbocycles. The third-order valence-corrected chi connectivity index (χ3v) is 7.71. The highest BCUT2D eigenvalue weighted by molar-refractivity contribution is 5.97. The lowest BCUT2D eigenvalue weighted by Gasteiger charge is -2.44. The Labute approximate surface area is 201 Å². The van der Waals surface area contributed by atoms with Crippen LogP contribution >= 0.6 is 0 Å². The van der Waals surface area contributed by atoms with Crippen LogP contribution in [0.4, 0.5) is 5.69 Å². The lowest BCUT2D eigenvalue weighted by molar-refractivity contribution is -0.152. The van der Waals surface area contributed by atoms with Gasteiger partial charge in [0, 0.05) is 63.1 Å². The van der Waals surface area contributed by atoms with Gasteiger partial charge in [-0.05, 0) is 55.5 Å². The van der Waals surface area contributed by atoms with Crippen LogP contribution in [0.2, 0.25) is 0 Å². The number of rotatable bonds is 4. The van der Waals surface area contributed by atoms with E-state index < -0.39 is 5.60 Å². The molecule has 0 spiro atoms. The summed E-state index contributed by atoms with van der Waals surface area (Å²) in [6.45, 7) is 7.60. The van der Waals surface area contributed by atoms with Crippen LogP contribution in [0.25, 0.3) is 0 Å². The van der Waals surface area contributed by atoms with Gasteiger partial charge >= 0.3 is 0 Å². The van der Waals surface area contributed by atoms with E-state index >= 15 is 0 Å². The number of aliphatic hydroxyl groups is 1. The van der Waals surface area contributed by atoms with Gasteiger partial charge in [0.2, 0.25) is 0 Å². The monoisotopic (exact) mass is 462 g/mol. The van der Waals surface area contributed by atoms with Gasteiger partial charge < -0.3 is 20.2 Å². The summed E-state index contributed by atoms with van der Waals surface area (Å²) in [5.74, 6) is -0.171. The van der Waals surface area contributed by atoms with Gasteiger partial charge in [0.15, 0.2) is 5.60 Å². The third-order valence-electron chi connectivity index (χ3n) is 7.71. The standard InChI is InChI=1S/C27H34N4O3/c1-27(34,21-5-3-2-4-6-21)26(33)31-13-10-22(11-14-31)29-15-17-30(18-16-29)23-7-8-24-20(19-23)9-12-28-25(24)32/h2-8,19,22,34H,9-18H2,1H3,(H,28,32)/t27-/m1/s1. The average molecular weight is 463 g/mol. The maximum atomic E-state index is 13.1. The number of carbonyl (C=O) groups is 2. The number of hydrogen-bond acceptors (Lipinski definition) is 5. The Balaban J connectivity index is 1.14. The summed E-state index contributed by atoms with van der Waals surface area (Å²) in [5, 5.41) is 13.8. The highest BCUT2D eigenvalue weighted by atomic mass is 16.3. The number of fused-ring (bicyclic) bond motifs is 1. The molecular weight excluding hydrogens is 428 g/mol. The van der Waals surface area contributed by atoms with Crippen molar-refractivity contribution in [3.05, 3.63) is 65.2 Å². The van der Waals surface area contributed by atoms with Crippen LogP contribution in [-0.4, -0.2) is 78.6 Å². The smallest absolute Gasteiger partial charge is 0.258 e. The molecule has 2 aromatic rings. The predicted molar refractivity (Wildman–Crippen MR) is 132 cm³/mol. The fraction of sp³-hybridized carbons (Fsp3) is 0.481. The lowest BCUT2D eigenvalue weighted by atomic mass is 9.92. The van der Waals surface area contributed by atoms with Crippen molar-refractivity contribution < 1.29 is 14.7 Å². The van der Waals surface area contributed by atoms with Gasteiger partial charge in [-0.2, -0.15) is 0 Å². The van der Waals surface area contributed by atoms with Crippen molar-refractivity contribution in [1.29, 1.82) is 0 Å². The van der Waals surface area contributed by atoms with Crippen LogP contribution in [0.5, 0.6) is 0 Å². The third kappa shape index (κ3) is 4.42. The van der Waals surface area contributed by atoms with E-state index in [4.69, 9.17) is 0 Å². The summed E-state index contributed by atoms with van der Waals surface area (Å²) >= 11 is 0. The molecule has 7 heteroatoms. The SMILES string of the molecule is C[C@](O)(C(=O)N1CCC(N2CCN(c3ccc4c(c3)CCNC4=O)CC2)CC1)c1ccccc1. The number of hydrogen-bond donors (Lipinski definition) is 2. The van der Waals surface area contributed by atoms with Crippen molar-refractivity contribution in [2.45, 2.75) is 37.8 Å². The second-order valence-electron chi connectivity index (χ2n) is 9.83. The normalized spacial score (nSPS) is 21.5. The van der Waals surface area contributed by atoms with E-state index in [1.165, 1.54) is 5.69 Å². The largest absolute Gasteiger partial charge is 0.376 e. The second kappa shape index (κ2) is 9.39. The molecule has 34 heavy (non-hydrogen) atoms. The molecule has 3 heterocycles. The molecule has 0 bridgehead atoms. The summed E-state index contributed by atoms with van der Waals surface area (Å²) in [6.07, 6.45) is 2.76. The molecule has 2 saturated heterocycles. The molecule has 0 aliphatic carbocycles. The maximum Gasteiger partial charge on any atom is 0.258 e. The minimum Gasteiger partial charge on any atom is -0.376 e. The molecule has 0 aromatic heterocycles. The number of nitrogens with zero attached hydrogens (tertiary/aromatic N) is 3. The van der Waals surface area contributed by atoms with Crippen LogP contribution in [0.15, 0.2) is 48.5 Å². The van der Waals surface area contributed by atoms with Gasteiger partial charge in [-0.15, -0.1) is 0 Å². The molecule has 2 amide bonds. The van der Waals surface area contributed by atoms with Crippen molar-refractivity contribution in [1.82, 2.24) is 15.1 Å². The van der Waals surface area contributed by atoms with E-state index in [2.05, 4.69) is 27.2 Å². The first-order valence-electron chi connectivity index (χ1n) is 12.4. The number of likely N-dealkylation sites (tertiary alicyclic amines) is 1. The van der Waals surface area contributed by atoms with E-state index in [-0.39, 0.29) is 11.8 Å². The fourth-order valence-electron chi connectivity index (χ4n) is 5.58. The molecule has 2 fully saturated rings. The van der Waals surface area contributed by atoms with Gasteiger partial charge in [0.05, 0.1) is 0 Å². The molecule has 0 radical (unpaired) electrons. The molecule has 180 valence electrons. The zero-order valence-electron chi connectivity index (χ0n) is 19.9. The minimum absolute atomic E-state index is 0.0349. The van der Waals surface area contributed by atoms with Crippen LogP contribution in [0, 0.1) is 0 Å². The Kier molecular flexibility index (Phi) is 6.32. The van der Waals surface area contributed by atoms with Crippen molar-refractivity contribution in [2.24, 2.45) is 0 Å². The molecule has 3 aliphatic heterocycles. The molecule has 2 N–H and O–H groups in total. The Hall–Kier alpha value is -2.90. The van der Waals surface area contributed by atoms with E-state index in [1.54, 1.807) is 19.1 Å². The van der Waals surface area contributed by atoms with Crippen LogP contribution in [0.3, 0.4) is 0 Å². The van der Waals surface area contributed by atoms with E-state index in [9.17, 15) is 14.7 Å². The number of amides is 2. The Morgan fingerprint density at radius 3 is 2.41 bits per heavy atom. The fourth-order valence-corrected chi connectivity index (χ4v) is 5.58. The minimum atomic E-state index is -1.49. The van der Waals surface area contributed by atoms with Crippen LogP contribution in [0.1, 0.15) is 41.3 Å². The second-order valence-corrected chi connectivity index (χ2v) is 9.83. The Morgan fingerprint density at radius 1 is 1.00 bits per heavy atom. The average Bonchev–Trinajstić information content (AvgIpc) is 2.89. The Bertz CT molecular complexity index is 1040. The molecule has 1 atom stereocenters. The molecular formula is C27H34N4O3. The molecule has 5 rings (SSSR count). The first kappa shape index (κ1) is 22.9. The summed E-state index contributed by atoms with van der Waals surface area (Å²) in [6, 6.07) is 15.9. The summed E-state index contributed by atoms with van der Waals surface area (Å²) in [5.41, 5.74) is 2.31. The highest BCUT2D eigenvalue weighted by Crippen LogP contribution is 2.28. The van der Waals surface area contributed by atoms with Crippen molar-refractivity contribution in [3.63, 3.8) is 0 Å². The summed E-state index contributed by atoms with van der Waals surface area (Å²) in [7, 11) is 0. The molecule has 7 nitrogen and oxygen atoms in total. The number of piperidine rings is 1. The highest BCUT2D eigenvalue weighted by Gasteiger charge is 2.38. The topological polar surface area (TPSA) is 76.1 Å². The number of nitrogens with one attached hydrogen (secondary N) is 1. The summed E-state index contributed by atoms with van der Waals surface area (Å²) < 4.78 is 0. The Morgan fingerprint density at radius 2 is 1.71 bits per heavy atom. The quantitative estimate of drug-likeness (QED) is 0.727. The molecule has 3 aliphatic rings. The molecule has 0 saturated carbocycles. The zero-order valence-corrected chi connectivity index (χ0v) is 19.9. The van der Waals surface area contributed by atoms with E-state index in [1.807, 2.05) is 29.2 Å². The van der Waals surface area contributed by atoms with Crippen LogP contribution in [-0.2, 0) is 16.8 Å².